The molecule has 1 atom stereocenters. The maximum Gasteiger partial charge on any atom is 0.289 e. The van der Waals surface area contributed by atoms with Gasteiger partial charge in [0.1, 0.15) is 0 Å². The van der Waals surface area contributed by atoms with Crippen molar-refractivity contribution < 1.29 is 14.0 Å². The minimum absolute atomic E-state index is 0.0332. The van der Waals surface area contributed by atoms with Gasteiger partial charge in [-0.05, 0) is 44.4 Å². The van der Waals surface area contributed by atoms with E-state index in [1.54, 1.807) is 17.0 Å². The van der Waals surface area contributed by atoms with E-state index in [0.717, 1.165) is 5.56 Å². The Morgan fingerprint density at radius 2 is 1.81 bits per heavy atom. The minimum atomic E-state index is -0.0951. The number of carbonyl (C=O) groups excluding carboxylic acids is 2. The Morgan fingerprint density at radius 3 is 2.38 bits per heavy atom. The predicted molar refractivity (Wildman–Crippen MR) is 99.7 cm³/mol. The quantitative estimate of drug-likeness (QED) is 0.842. The molecule has 1 fully saturated rings. The summed E-state index contributed by atoms with van der Waals surface area (Å²) in [6.45, 7) is 5.28. The lowest BCUT2D eigenvalue weighted by atomic mass is 9.94. The molecular formula is C21H26N2O3. The number of likely N-dealkylation sites (tertiary alicyclic amines) is 1. The molecule has 5 nitrogen and oxygen atoms in total. The van der Waals surface area contributed by atoms with Crippen LogP contribution in [0, 0.1) is 12.8 Å². The Balaban J connectivity index is 1.57. The second-order valence-electron chi connectivity index (χ2n) is 7.08. The zero-order chi connectivity index (χ0) is 18.7. The van der Waals surface area contributed by atoms with E-state index < -0.39 is 0 Å². The third-order valence-electron chi connectivity index (χ3n) is 5.35. The zero-order valence-corrected chi connectivity index (χ0v) is 15.6. The van der Waals surface area contributed by atoms with Gasteiger partial charge in [-0.25, -0.2) is 0 Å². The van der Waals surface area contributed by atoms with E-state index in [-0.39, 0.29) is 23.8 Å². The molecule has 26 heavy (non-hydrogen) atoms. The van der Waals surface area contributed by atoms with Crippen LogP contribution in [0.5, 0.6) is 0 Å². The molecule has 0 bridgehead atoms. The van der Waals surface area contributed by atoms with Gasteiger partial charge in [0, 0.05) is 26.1 Å². The first kappa shape index (κ1) is 18.2. The number of carbonyl (C=O) groups is 2. The smallest absolute Gasteiger partial charge is 0.289 e. The van der Waals surface area contributed by atoms with Crippen LogP contribution < -0.4 is 0 Å². The lowest BCUT2D eigenvalue weighted by Gasteiger charge is -2.34. The average molecular weight is 354 g/mol. The number of rotatable bonds is 4. The highest BCUT2D eigenvalue weighted by molar-refractivity contribution is 5.91. The zero-order valence-electron chi connectivity index (χ0n) is 15.6. The van der Waals surface area contributed by atoms with E-state index in [9.17, 15) is 9.59 Å². The van der Waals surface area contributed by atoms with Crippen LogP contribution >= 0.6 is 0 Å². The van der Waals surface area contributed by atoms with Gasteiger partial charge >= 0.3 is 0 Å². The van der Waals surface area contributed by atoms with Gasteiger partial charge in [0.2, 0.25) is 5.91 Å². The molecule has 1 aliphatic heterocycles. The molecule has 1 aliphatic rings. The fourth-order valence-corrected chi connectivity index (χ4v) is 3.43. The molecule has 3 rings (SSSR count). The third-order valence-corrected chi connectivity index (χ3v) is 5.35. The van der Waals surface area contributed by atoms with Gasteiger partial charge < -0.3 is 14.2 Å². The molecule has 0 N–H and O–H groups in total. The van der Waals surface area contributed by atoms with Crippen LogP contribution in [-0.4, -0.2) is 41.8 Å². The Hall–Kier alpha value is -2.56. The highest BCUT2D eigenvalue weighted by Crippen LogP contribution is 2.26. The van der Waals surface area contributed by atoms with E-state index in [4.69, 9.17) is 4.42 Å². The monoisotopic (exact) mass is 354 g/mol. The largest absolute Gasteiger partial charge is 0.459 e. The van der Waals surface area contributed by atoms with Crippen molar-refractivity contribution in [2.24, 2.45) is 5.92 Å². The normalized spacial score (nSPS) is 16.3. The number of hydrogen-bond acceptors (Lipinski definition) is 3. The second-order valence-corrected chi connectivity index (χ2v) is 7.08. The van der Waals surface area contributed by atoms with Crippen molar-refractivity contribution in [1.29, 1.82) is 0 Å². The molecule has 1 aromatic carbocycles. The summed E-state index contributed by atoms with van der Waals surface area (Å²) in [5.41, 5.74) is 2.35. The van der Waals surface area contributed by atoms with Crippen LogP contribution in [0.2, 0.25) is 0 Å². The number of hydrogen-bond donors (Lipinski definition) is 0. The number of amides is 2. The van der Waals surface area contributed by atoms with Gasteiger partial charge in [-0.15, -0.1) is 0 Å². The minimum Gasteiger partial charge on any atom is -0.459 e. The Morgan fingerprint density at radius 1 is 1.15 bits per heavy atom. The number of piperidine rings is 1. The molecule has 2 amide bonds. The van der Waals surface area contributed by atoms with Crippen molar-refractivity contribution in [3.8, 4) is 0 Å². The summed E-state index contributed by atoms with van der Waals surface area (Å²) in [5, 5.41) is 0. The van der Waals surface area contributed by atoms with E-state index >= 15 is 0 Å². The number of aryl methyl sites for hydroxylation is 1. The summed E-state index contributed by atoms with van der Waals surface area (Å²) >= 11 is 0. The highest BCUT2D eigenvalue weighted by atomic mass is 16.3. The molecule has 0 aliphatic carbocycles. The van der Waals surface area contributed by atoms with Crippen LogP contribution in [-0.2, 0) is 4.79 Å². The van der Waals surface area contributed by atoms with E-state index in [1.165, 1.54) is 11.8 Å². The Kier molecular flexibility index (Phi) is 5.45. The summed E-state index contributed by atoms with van der Waals surface area (Å²) < 4.78 is 5.18. The van der Waals surface area contributed by atoms with Crippen LogP contribution in [0.3, 0.4) is 0 Å². The molecule has 5 heteroatoms. The summed E-state index contributed by atoms with van der Waals surface area (Å²) in [5.74, 6) is 0.388. The SMILES string of the molecule is Cc1ccc(C(C)N(C)C(=O)C2CCN(C(=O)c3ccco3)CC2)cc1. The maximum absolute atomic E-state index is 12.9. The summed E-state index contributed by atoms with van der Waals surface area (Å²) in [4.78, 5) is 28.8. The Bertz CT molecular complexity index is 744. The van der Waals surface area contributed by atoms with Crippen LogP contribution in [0.4, 0.5) is 0 Å². The fourth-order valence-electron chi connectivity index (χ4n) is 3.43. The summed E-state index contributed by atoms with van der Waals surface area (Å²) in [6, 6.07) is 11.7. The lowest BCUT2D eigenvalue weighted by molar-refractivity contribution is -0.137. The molecule has 2 aromatic rings. The first-order valence-electron chi connectivity index (χ1n) is 9.13. The number of benzene rings is 1. The molecule has 138 valence electrons. The van der Waals surface area contributed by atoms with E-state index in [2.05, 4.69) is 38.1 Å². The molecule has 0 spiro atoms. The highest BCUT2D eigenvalue weighted by Gasteiger charge is 2.31. The van der Waals surface area contributed by atoms with Crippen LogP contribution in [0.1, 0.15) is 47.5 Å². The molecule has 0 radical (unpaired) electrons. The average Bonchev–Trinajstić information content (AvgIpc) is 3.21. The van der Waals surface area contributed by atoms with E-state index in [0.29, 0.717) is 31.7 Å². The molecule has 1 unspecified atom stereocenters. The number of furan rings is 1. The van der Waals surface area contributed by atoms with E-state index in [1.807, 2.05) is 11.9 Å². The Labute approximate surface area is 154 Å². The predicted octanol–water partition coefficient (Wildman–Crippen LogP) is 3.66. The molecular weight excluding hydrogens is 328 g/mol. The third kappa shape index (κ3) is 3.82. The summed E-state index contributed by atoms with van der Waals surface area (Å²) in [6.07, 6.45) is 2.89. The second kappa shape index (κ2) is 7.77. The lowest BCUT2D eigenvalue weighted by Crippen LogP contribution is -2.43. The first-order valence-corrected chi connectivity index (χ1v) is 9.13. The first-order chi connectivity index (χ1) is 12.5. The van der Waals surface area contributed by atoms with Gasteiger partial charge in [-0.2, -0.15) is 0 Å². The van der Waals surface area contributed by atoms with Crippen LogP contribution in [0.15, 0.2) is 47.1 Å². The van der Waals surface area contributed by atoms with Crippen molar-refractivity contribution in [2.75, 3.05) is 20.1 Å². The molecule has 1 saturated heterocycles. The molecule has 1 aromatic heterocycles. The van der Waals surface area contributed by atoms with Gasteiger partial charge in [0.15, 0.2) is 5.76 Å². The molecule has 2 heterocycles. The fraction of sp³-hybridized carbons (Fsp3) is 0.429. The van der Waals surface area contributed by atoms with Gasteiger partial charge in [-0.3, -0.25) is 9.59 Å². The van der Waals surface area contributed by atoms with Crippen molar-refractivity contribution in [1.82, 2.24) is 9.80 Å². The van der Waals surface area contributed by atoms with Crippen molar-refractivity contribution in [3.63, 3.8) is 0 Å². The summed E-state index contributed by atoms with van der Waals surface area (Å²) in [7, 11) is 1.87. The maximum atomic E-state index is 12.9. The van der Waals surface area contributed by atoms with Crippen molar-refractivity contribution >= 4 is 11.8 Å². The van der Waals surface area contributed by atoms with Gasteiger partial charge in [0.05, 0.1) is 12.3 Å². The van der Waals surface area contributed by atoms with Gasteiger partial charge in [0.25, 0.3) is 5.91 Å². The molecule has 0 saturated carbocycles. The standard InChI is InChI=1S/C21H26N2O3/c1-15-6-8-17(9-7-15)16(2)22(3)20(24)18-10-12-23(13-11-18)21(25)19-5-4-14-26-19/h4-9,14,16,18H,10-13H2,1-3H3. The van der Waals surface area contributed by atoms with Crippen molar-refractivity contribution in [2.45, 2.75) is 32.7 Å². The van der Waals surface area contributed by atoms with Crippen LogP contribution in [0.25, 0.3) is 0 Å². The topological polar surface area (TPSA) is 53.8 Å². The van der Waals surface area contributed by atoms with Gasteiger partial charge in [-0.1, -0.05) is 29.8 Å². The van der Waals surface area contributed by atoms with Crippen molar-refractivity contribution in [3.05, 3.63) is 59.5 Å². The number of nitrogens with zero attached hydrogens (tertiary/aromatic N) is 2.